The van der Waals surface area contributed by atoms with E-state index in [1.165, 1.54) is 38.1 Å². The molecular formula is C13H26N4O2S. The molecule has 0 radical (unpaired) electrons. The summed E-state index contributed by atoms with van der Waals surface area (Å²) in [6, 6.07) is 0. The first-order valence-electron chi connectivity index (χ1n) is 7.32. The fourth-order valence-electron chi connectivity index (χ4n) is 1.93. The topological polar surface area (TPSA) is 90.0 Å². The second kappa shape index (κ2) is 9.10. The highest BCUT2D eigenvalue weighted by Crippen LogP contribution is 2.08. The van der Waals surface area contributed by atoms with Gasteiger partial charge in [-0.1, -0.05) is 39.0 Å². The Morgan fingerprint density at radius 1 is 1.25 bits per heavy atom. The SMILES string of the molecule is CCCCCCCCNS(=O)(=O)c1cnn(CCN)c1. The molecule has 0 fully saturated rings. The van der Waals surface area contributed by atoms with Gasteiger partial charge >= 0.3 is 0 Å². The minimum atomic E-state index is -3.43. The highest BCUT2D eigenvalue weighted by atomic mass is 32.2. The van der Waals surface area contributed by atoms with E-state index in [1.807, 2.05) is 0 Å². The van der Waals surface area contributed by atoms with Gasteiger partial charge in [0.05, 0.1) is 12.7 Å². The second-order valence-corrected chi connectivity index (χ2v) is 6.66. The molecule has 3 N–H and O–H groups in total. The summed E-state index contributed by atoms with van der Waals surface area (Å²) in [4.78, 5) is 0.205. The summed E-state index contributed by atoms with van der Waals surface area (Å²) >= 11 is 0. The zero-order chi connectivity index (χ0) is 14.8. The number of rotatable bonds is 11. The molecule has 0 atom stereocenters. The molecule has 0 aliphatic carbocycles. The van der Waals surface area contributed by atoms with Crippen molar-refractivity contribution in [3.05, 3.63) is 12.4 Å². The molecule has 116 valence electrons. The molecule has 20 heavy (non-hydrogen) atoms. The average molecular weight is 302 g/mol. The number of nitrogens with one attached hydrogen (secondary N) is 1. The lowest BCUT2D eigenvalue weighted by Crippen LogP contribution is -2.24. The predicted octanol–water partition coefficient (Wildman–Crippen LogP) is 1.48. The van der Waals surface area contributed by atoms with E-state index in [9.17, 15) is 8.42 Å². The van der Waals surface area contributed by atoms with E-state index in [-0.39, 0.29) is 4.90 Å². The number of unbranched alkanes of at least 4 members (excludes halogenated alkanes) is 5. The van der Waals surface area contributed by atoms with Crippen LogP contribution >= 0.6 is 0 Å². The number of nitrogens with two attached hydrogens (primary N) is 1. The maximum absolute atomic E-state index is 12.0. The second-order valence-electron chi connectivity index (χ2n) is 4.89. The molecule has 0 saturated carbocycles. The minimum absolute atomic E-state index is 0.205. The normalized spacial score (nSPS) is 11.9. The van der Waals surface area contributed by atoms with E-state index in [2.05, 4.69) is 16.7 Å². The van der Waals surface area contributed by atoms with Crippen LogP contribution in [0, 0.1) is 0 Å². The van der Waals surface area contributed by atoms with Gasteiger partial charge in [0.2, 0.25) is 10.0 Å². The quantitative estimate of drug-likeness (QED) is 0.606. The van der Waals surface area contributed by atoms with Crippen molar-refractivity contribution in [1.82, 2.24) is 14.5 Å². The van der Waals surface area contributed by atoms with Crippen LogP contribution in [0.25, 0.3) is 0 Å². The van der Waals surface area contributed by atoms with Crippen LogP contribution in [0.1, 0.15) is 45.4 Å². The first-order valence-corrected chi connectivity index (χ1v) is 8.80. The van der Waals surface area contributed by atoms with Crippen molar-refractivity contribution in [3.8, 4) is 0 Å². The zero-order valence-electron chi connectivity index (χ0n) is 12.2. The smallest absolute Gasteiger partial charge is 0.243 e. The summed E-state index contributed by atoms with van der Waals surface area (Å²) in [6.45, 7) is 3.62. The number of hydrogen-bond donors (Lipinski definition) is 2. The lowest BCUT2D eigenvalue weighted by Gasteiger charge is -2.04. The third-order valence-electron chi connectivity index (χ3n) is 3.10. The van der Waals surface area contributed by atoms with Gasteiger partial charge in [-0.15, -0.1) is 0 Å². The first kappa shape index (κ1) is 17.1. The fourth-order valence-corrected chi connectivity index (χ4v) is 2.96. The summed E-state index contributed by atoms with van der Waals surface area (Å²) in [7, 11) is -3.43. The van der Waals surface area contributed by atoms with Crippen LogP contribution in [0.15, 0.2) is 17.3 Å². The molecule has 0 saturated heterocycles. The van der Waals surface area contributed by atoms with Gasteiger partial charge in [0.1, 0.15) is 4.90 Å². The van der Waals surface area contributed by atoms with Crippen molar-refractivity contribution in [2.75, 3.05) is 13.1 Å². The first-order chi connectivity index (χ1) is 9.60. The molecule has 0 spiro atoms. The van der Waals surface area contributed by atoms with Gasteiger partial charge in [-0.3, -0.25) is 4.68 Å². The standard InChI is InChI=1S/C13H26N4O2S/c1-2-3-4-5-6-7-9-16-20(18,19)13-11-15-17(12-13)10-8-14/h11-12,16H,2-10,14H2,1H3. The zero-order valence-corrected chi connectivity index (χ0v) is 13.0. The summed E-state index contributed by atoms with van der Waals surface area (Å²) in [5.41, 5.74) is 5.40. The Morgan fingerprint density at radius 3 is 2.65 bits per heavy atom. The maximum Gasteiger partial charge on any atom is 0.243 e. The van der Waals surface area contributed by atoms with E-state index < -0.39 is 10.0 Å². The third-order valence-corrected chi connectivity index (χ3v) is 4.52. The molecule has 0 aliphatic rings. The molecule has 0 amide bonds. The Hall–Kier alpha value is -0.920. The van der Waals surface area contributed by atoms with E-state index >= 15 is 0 Å². The number of sulfonamides is 1. The van der Waals surface area contributed by atoms with Crippen LogP contribution in [0.3, 0.4) is 0 Å². The Bertz CT molecular complexity index is 470. The van der Waals surface area contributed by atoms with Gasteiger partial charge in [0.25, 0.3) is 0 Å². The van der Waals surface area contributed by atoms with Crippen LogP contribution in [0.5, 0.6) is 0 Å². The monoisotopic (exact) mass is 302 g/mol. The van der Waals surface area contributed by atoms with Crippen molar-refractivity contribution in [3.63, 3.8) is 0 Å². The van der Waals surface area contributed by atoms with Gasteiger partial charge in [-0.25, -0.2) is 13.1 Å². The van der Waals surface area contributed by atoms with Gasteiger partial charge in [0, 0.05) is 19.3 Å². The van der Waals surface area contributed by atoms with Gasteiger partial charge in [-0.2, -0.15) is 5.10 Å². The van der Waals surface area contributed by atoms with Crippen LogP contribution in [0.4, 0.5) is 0 Å². The molecule has 0 aliphatic heterocycles. The highest BCUT2D eigenvalue weighted by Gasteiger charge is 2.15. The fraction of sp³-hybridized carbons (Fsp3) is 0.769. The molecule has 1 rings (SSSR count). The number of nitrogens with zero attached hydrogens (tertiary/aromatic N) is 2. The van der Waals surface area contributed by atoms with E-state index in [1.54, 1.807) is 4.68 Å². The lowest BCUT2D eigenvalue weighted by atomic mass is 10.1. The average Bonchev–Trinajstić information content (AvgIpc) is 2.88. The Morgan fingerprint density at radius 2 is 1.95 bits per heavy atom. The van der Waals surface area contributed by atoms with Crippen molar-refractivity contribution >= 4 is 10.0 Å². The predicted molar refractivity (Wildman–Crippen MR) is 79.8 cm³/mol. The molecule has 6 nitrogen and oxygen atoms in total. The van der Waals surface area contributed by atoms with Gasteiger partial charge < -0.3 is 5.73 Å². The third kappa shape index (κ3) is 6.02. The minimum Gasteiger partial charge on any atom is -0.329 e. The molecular weight excluding hydrogens is 276 g/mol. The van der Waals surface area contributed by atoms with Crippen molar-refractivity contribution < 1.29 is 8.42 Å². The summed E-state index contributed by atoms with van der Waals surface area (Å²) < 4.78 is 28.1. The van der Waals surface area contributed by atoms with Gasteiger partial charge in [0.15, 0.2) is 0 Å². The van der Waals surface area contributed by atoms with Crippen molar-refractivity contribution in [1.29, 1.82) is 0 Å². The van der Waals surface area contributed by atoms with Crippen LogP contribution < -0.4 is 10.5 Å². The van der Waals surface area contributed by atoms with E-state index in [0.717, 1.165) is 12.8 Å². The molecule has 1 heterocycles. The largest absolute Gasteiger partial charge is 0.329 e. The summed E-state index contributed by atoms with van der Waals surface area (Å²) in [5, 5.41) is 3.97. The molecule has 0 aromatic carbocycles. The van der Waals surface area contributed by atoms with Crippen molar-refractivity contribution in [2.45, 2.75) is 56.9 Å². The van der Waals surface area contributed by atoms with Crippen LogP contribution in [0.2, 0.25) is 0 Å². The molecule has 1 aromatic heterocycles. The number of aromatic nitrogens is 2. The Balaban J connectivity index is 2.30. The molecule has 0 bridgehead atoms. The number of hydrogen-bond acceptors (Lipinski definition) is 4. The van der Waals surface area contributed by atoms with Crippen molar-refractivity contribution in [2.24, 2.45) is 5.73 Å². The maximum atomic E-state index is 12.0. The molecule has 1 aromatic rings. The van der Waals surface area contributed by atoms with Crippen LogP contribution in [-0.4, -0.2) is 31.3 Å². The molecule has 7 heteroatoms. The highest BCUT2D eigenvalue weighted by molar-refractivity contribution is 7.89. The Labute approximate surface area is 121 Å². The molecule has 0 unspecified atom stereocenters. The van der Waals surface area contributed by atoms with Gasteiger partial charge in [-0.05, 0) is 6.42 Å². The van der Waals surface area contributed by atoms with E-state index in [4.69, 9.17) is 5.73 Å². The van der Waals surface area contributed by atoms with Crippen LogP contribution in [-0.2, 0) is 16.6 Å². The summed E-state index contributed by atoms with van der Waals surface area (Å²) in [5.74, 6) is 0. The lowest BCUT2D eigenvalue weighted by molar-refractivity contribution is 0.567. The Kier molecular flexibility index (Phi) is 7.79. The summed E-state index contributed by atoms with van der Waals surface area (Å²) in [6.07, 6.45) is 9.69. The van der Waals surface area contributed by atoms with E-state index in [0.29, 0.717) is 19.6 Å².